The van der Waals surface area contributed by atoms with E-state index >= 15 is 0 Å². The Bertz CT molecular complexity index is 604. The van der Waals surface area contributed by atoms with E-state index in [-0.39, 0.29) is 0 Å². The third-order valence-corrected chi connectivity index (χ3v) is 3.29. The SMILES string of the molecule is CNC(C)(C#N)COc1ccccc1-c1ccccc1. The molecule has 1 unspecified atom stereocenters. The van der Waals surface area contributed by atoms with Gasteiger partial charge >= 0.3 is 0 Å². The minimum absolute atomic E-state index is 0.295. The quantitative estimate of drug-likeness (QED) is 0.903. The van der Waals surface area contributed by atoms with Crippen molar-refractivity contribution in [1.82, 2.24) is 5.32 Å². The van der Waals surface area contributed by atoms with Crippen LogP contribution in [-0.2, 0) is 0 Å². The first-order chi connectivity index (χ1) is 9.68. The summed E-state index contributed by atoms with van der Waals surface area (Å²) in [7, 11) is 1.76. The summed E-state index contributed by atoms with van der Waals surface area (Å²) in [5, 5.41) is 12.1. The van der Waals surface area contributed by atoms with Crippen LogP contribution < -0.4 is 10.1 Å². The molecule has 0 bridgehead atoms. The number of likely N-dealkylation sites (N-methyl/N-ethyl adjacent to an activating group) is 1. The maximum Gasteiger partial charge on any atom is 0.137 e. The van der Waals surface area contributed by atoms with Gasteiger partial charge in [-0.25, -0.2) is 0 Å². The van der Waals surface area contributed by atoms with Gasteiger partial charge < -0.3 is 4.74 Å². The van der Waals surface area contributed by atoms with E-state index in [0.717, 1.165) is 16.9 Å². The second-order valence-corrected chi connectivity index (χ2v) is 4.84. The fourth-order valence-electron chi connectivity index (χ4n) is 1.83. The largest absolute Gasteiger partial charge is 0.490 e. The van der Waals surface area contributed by atoms with Gasteiger partial charge in [0, 0.05) is 5.56 Å². The van der Waals surface area contributed by atoms with Crippen molar-refractivity contribution in [1.29, 1.82) is 5.26 Å². The van der Waals surface area contributed by atoms with Gasteiger partial charge in [-0.3, -0.25) is 5.32 Å². The van der Waals surface area contributed by atoms with Crippen molar-refractivity contribution in [3.63, 3.8) is 0 Å². The van der Waals surface area contributed by atoms with Crippen LogP contribution >= 0.6 is 0 Å². The van der Waals surface area contributed by atoms with Crippen LogP contribution in [0.4, 0.5) is 0 Å². The van der Waals surface area contributed by atoms with E-state index in [1.54, 1.807) is 7.05 Å². The molecule has 0 radical (unpaired) electrons. The van der Waals surface area contributed by atoms with E-state index in [1.165, 1.54) is 0 Å². The van der Waals surface area contributed by atoms with Crippen molar-refractivity contribution in [2.45, 2.75) is 12.5 Å². The first kappa shape index (κ1) is 14.1. The average molecular weight is 266 g/mol. The number of para-hydroxylation sites is 1. The van der Waals surface area contributed by atoms with Crippen molar-refractivity contribution in [3.8, 4) is 22.9 Å². The minimum atomic E-state index is -0.691. The molecular formula is C17H18N2O. The lowest BCUT2D eigenvalue weighted by Crippen LogP contribution is -2.43. The second-order valence-electron chi connectivity index (χ2n) is 4.84. The third-order valence-electron chi connectivity index (χ3n) is 3.29. The van der Waals surface area contributed by atoms with E-state index in [4.69, 9.17) is 10.00 Å². The molecule has 2 rings (SSSR count). The zero-order valence-electron chi connectivity index (χ0n) is 11.8. The highest BCUT2D eigenvalue weighted by Gasteiger charge is 2.22. The molecule has 0 aliphatic carbocycles. The van der Waals surface area contributed by atoms with Gasteiger partial charge in [-0.05, 0) is 25.6 Å². The van der Waals surface area contributed by atoms with Crippen molar-refractivity contribution in [2.75, 3.05) is 13.7 Å². The number of benzene rings is 2. The Labute approximate surface area is 119 Å². The van der Waals surface area contributed by atoms with Crippen molar-refractivity contribution in [2.24, 2.45) is 0 Å². The summed E-state index contributed by atoms with van der Waals surface area (Å²) in [5.41, 5.74) is 1.44. The Kier molecular flexibility index (Phi) is 4.39. The van der Waals surface area contributed by atoms with Crippen LogP contribution in [-0.4, -0.2) is 19.2 Å². The lowest BCUT2D eigenvalue weighted by Gasteiger charge is -2.22. The molecule has 0 amide bonds. The van der Waals surface area contributed by atoms with Gasteiger partial charge in [0.05, 0.1) is 6.07 Å². The van der Waals surface area contributed by atoms with E-state index < -0.39 is 5.54 Å². The third kappa shape index (κ3) is 3.17. The van der Waals surface area contributed by atoms with Crippen LogP contribution in [0.15, 0.2) is 54.6 Å². The van der Waals surface area contributed by atoms with E-state index in [9.17, 15) is 0 Å². The van der Waals surface area contributed by atoms with Crippen LogP contribution in [0.1, 0.15) is 6.92 Å². The molecule has 0 heterocycles. The first-order valence-corrected chi connectivity index (χ1v) is 6.56. The second kappa shape index (κ2) is 6.23. The predicted octanol–water partition coefficient (Wildman–Crippen LogP) is 3.23. The number of nitrogens with one attached hydrogen (secondary N) is 1. The number of nitrogens with zero attached hydrogens (tertiary/aromatic N) is 1. The van der Waals surface area contributed by atoms with Gasteiger partial charge in [-0.2, -0.15) is 5.26 Å². The molecule has 0 spiro atoms. The summed E-state index contributed by atoms with van der Waals surface area (Å²) < 4.78 is 5.85. The number of ether oxygens (including phenoxy) is 1. The van der Waals surface area contributed by atoms with E-state index in [0.29, 0.717) is 6.61 Å². The summed E-state index contributed by atoms with van der Waals surface area (Å²) in [5.74, 6) is 0.787. The predicted molar refractivity (Wildman–Crippen MR) is 80.5 cm³/mol. The van der Waals surface area contributed by atoms with Gasteiger partial charge in [0.2, 0.25) is 0 Å². The normalized spacial score (nSPS) is 13.2. The fourth-order valence-corrected chi connectivity index (χ4v) is 1.83. The molecule has 2 aromatic rings. The average Bonchev–Trinajstić information content (AvgIpc) is 2.54. The molecule has 0 aliphatic rings. The van der Waals surface area contributed by atoms with E-state index in [1.807, 2.05) is 61.5 Å². The number of hydrogen-bond acceptors (Lipinski definition) is 3. The molecule has 1 atom stereocenters. The van der Waals surface area contributed by atoms with Crippen LogP contribution in [0, 0.1) is 11.3 Å². The summed E-state index contributed by atoms with van der Waals surface area (Å²) in [4.78, 5) is 0. The molecule has 0 saturated carbocycles. The Morgan fingerprint density at radius 2 is 1.75 bits per heavy atom. The van der Waals surface area contributed by atoms with E-state index in [2.05, 4.69) is 11.4 Å². The van der Waals surface area contributed by atoms with Crippen molar-refractivity contribution < 1.29 is 4.74 Å². The molecule has 0 aliphatic heterocycles. The molecule has 102 valence electrons. The zero-order valence-corrected chi connectivity index (χ0v) is 11.8. The summed E-state index contributed by atoms with van der Waals surface area (Å²) >= 11 is 0. The molecule has 0 fully saturated rings. The molecule has 3 heteroatoms. The van der Waals surface area contributed by atoms with Crippen LogP contribution in [0.3, 0.4) is 0 Å². The van der Waals surface area contributed by atoms with Gasteiger partial charge in [0.25, 0.3) is 0 Å². The number of hydrogen-bond donors (Lipinski definition) is 1. The fraction of sp³-hybridized carbons (Fsp3) is 0.235. The van der Waals surface area contributed by atoms with Gasteiger partial charge in [-0.1, -0.05) is 48.5 Å². The lowest BCUT2D eigenvalue weighted by atomic mass is 10.0. The Balaban J connectivity index is 2.24. The maximum atomic E-state index is 9.16. The van der Waals surface area contributed by atoms with Crippen LogP contribution in [0.5, 0.6) is 5.75 Å². The zero-order chi connectivity index (χ0) is 14.4. The highest BCUT2D eigenvalue weighted by Crippen LogP contribution is 2.29. The van der Waals surface area contributed by atoms with Gasteiger partial charge in [0.1, 0.15) is 17.9 Å². The van der Waals surface area contributed by atoms with Crippen LogP contribution in [0.25, 0.3) is 11.1 Å². The van der Waals surface area contributed by atoms with Crippen LogP contribution in [0.2, 0.25) is 0 Å². The first-order valence-electron chi connectivity index (χ1n) is 6.56. The molecule has 0 saturated heterocycles. The highest BCUT2D eigenvalue weighted by molar-refractivity contribution is 5.70. The topological polar surface area (TPSA) is 45.0 Å². The highest BCUT2D eigenvalue weighted by atomic mass is 16.5. The lowest BCUT2D eigenvalue weighted by molar-refractivity contribution is 0.243. The Hall–Kier alpha value is -2.31. The molecule has 3 nitrogen and oxygen atoms in total. The van der Waals surface area contributed by atoms with Crippen molar-refractivity contribution >= 4 is 0 Å². The number of rotatable bonds is 5. The summed E-state index contributed by atoms with van der Waals surface area (Å²) in [6.07, 6.45) is 0. The summed E-state index contributed by atoms with van der Waals surface area (Å²) in [6, 6.07) is 20.2. The Morgan fingerprint density at radius 1 is 1.10 bits per heavy atom. The standard InChI is InChI=1S/C17H18N2O/c1-17(12-18,19-2)13-20-16-11-7-6-10-15(16)14-8-4-3-5-9-14/h3-11,19H,13H2,1-2H3. The maximum absolute atomic E-state index is 9.16. The molecule has 1 N–H and O–H groups in total. The molecule has 20 heavy (non-hydrogen) atoms. The molecule has 0 aromatic heterocycles. The monoisotopic (exact) mass is 266 g/mol. The van der Waals surface area contributed by atoms with Gasteiger partial charge in [-0.15, -0.1) is 0 Å². The van der Waals surface area contributed by atoms with Gasteiger partial charge in [0.15, 0.2) is 0 Å². The smallest absolute Gasteiger partial charge is 0.137 e. The Morgan fingerprint density at radius 3 is 2.40 bits per heavy atom. The molecular weight excluding hydrogens is 248 g/mol. The minimum Gasteiger partial charge on any atom is -0.490 e. The summed E-state index contributed by atoms with van der Waals surface area (Å²) in [6.45, 7) is 2.11. The van der Waals surface area contributed by atoms with Crippen molar-refractivity contribution in [3.05, 3.63) is 54.6 Å². The number of nitriles is 1. The molecule has 2 aromatic carbocycles.